The average molecular weight is 325 g/mol. The van der Waals surface area contributed by atoms with Crippen LogP contribution in [-0.2, 0) is 4.79 Å². The molecule has 5 nitrogen and oxygen atoms in total. The molecule has 0 saturated heterocycles. The molecule has 1 aromatic heterocycles. The van der Waals surface area contributed by atoms with Gasteiger partial charge in [0.25, 0.3) is 0 Å². The van der Waals surface area contributed by atoms with Crippen LogP contribution >= 0.6 is 23.7 Å². The summed E-state index contributed by atoms with van der Waals surface area (Å²) in [5.41, 5.74) is 7.89. The van der Waals surface area contributed by atoms with E-state index < -0.39 is 5.54 Å². The molecular weight excluding hydrogens is 308 g/mol. The van der Waals surface area contributed by atoms with Crippen LogP contribution in [0.3, 0.4) is 0 Å². The Hall–Kier alpha value is -1.63. The van der Waals surface area contributed by atoms with Crippen LogP contribution in [0.5, 0.6) is 0 Å². The predicted molar refractivity (Wildman–Crippen MR) is 88.6 cm³/mol. The van der Waals surface area contributed by atoms with Crippen LogP contribution in [0.25, 0.3) is 0 Å². The van der Waals surface area contributed by atoms with Crippen molar-refractivity contribution in [2.24, 2.45) is 5.73 Å². The van der Waals surface area contributed by atoms with Gasteiger partial charge in [0, 0.05) is 16.8 Å². The van der Waals surface area contributed by atoms with Crippen molar-refractivity contribution in [2.45, 2.75) is 25.3 Å². The first kappa shape index (κ1) is 15.8. The number of carbonyl (C=O) groups excluding carboxylic acids is 1. The number of nitrogens with zero attached hydrogens (tertiary/aromatic N) is 1. The summed E-state index contributed by atoms with van der Waals surface area (Å²) in [6.45, 7) is 1.96. The maximum atomic E-state index is 11.8. The number of hydrogen-bond acceptors (Lipinski definition) is 5. The van der Waals surface area contributed by atoms with Gasteiger partial charge in [0.1, 0.15) is 0 Å². The summed E-state index contributed by atoms with van der Waals surface area (Å²) in [5.74, 6) is -0.103. The first-order valence-corrected chi connectivity index (χ1v) is 7.33. The molecule has 1 aromatic carbocycles. The van der Waals surface area contributed by atoms with Gasteiger partial charge in [0.15, 0.2) is 5.13 Å². The van der Waals surface area contributed by atoms with Crippen LogP contribution in [0, 0.1) is 6.92 Å². The van der Waals surface area contributed by atoms with Crippen molar-refractivity contribution >= 4 is 46.2 Å². The minimum atomic E-state index is -0.644. The summed E-state index contributed by atoms with van der Waals surface area (Å²) in [6.07, 6.45) is 1.53. The third kappa shape index (κ3) is 3.72. The molecule has 0 unspecified atom stereocenters. The highest BCUT2D eigenvalue weighted by Crippen LogP contribution is 2.33. The zero-order chi connectivity index (χ0) is 14.2. The van der Waals surface area contributed by atoms with Crippen molar-refractivity contribution in [1.29, 1.82) is 0 Å². The first-order valence-electron chi connectivity index (χ1n) is 6.45. The van der Waals surface area contributed by atoms with Crippen LogP contribution in [-0.4, -0.2) is 16.4 Å². The number of aromatic nitrogens is 1. The van der Waals surface area contributed by atoms with E-state index in [1.54, 1.807) is 11.3 Å². The minimum absolute atomic E-state index is 0. The fourth-order valence-corrected chi connectivity index (χ4v) is 2.50. The van der Waals surface area contributed by atoms with Crippen LogP contribution in [0.15, 0.2) is 29.6 Å². The monoisotopic (exact) mass is 324 g/mol. The number of benzene rings is 1. The van der Waals surface area contributed by atoms with Crippen LogP contribution in [0.2, 0.25) is 0 Å². The molecule has 1 saturated carbocycles. The molecule has 3 rings (SSSR count). The van der Waals surface area contributed by atoms with E-state index in [4.69, 9.17) is 5.73 Å². The zero-order valence-electron chi connectivity index (χ0n) is 11.6. The first-order chi connectivity index (χ1) is 9.55. The van der Waals surface area contributed by atoms with Gasteiger partial charge < -0.3 is 16.4 Å². The molecule has 0 spiro atoms. The van der Waals surface area contributed by atoms with Crippen molar-refractivity contribution in [3.63, 3.8) is 0 Å². The molecule has 0 radical (unpaired) electrons. The minimum Gasteiger partial charge on any atom is -0.332 e. The topological polar surface area (TPSA) is 80.0 Å². The lowest BCUT2D eigenvalue weighted by molar-refractivity contribution is -0.118. The molecule has 21 heavy (non-hydrogen) atoms. The number of amides is 1. The number of hydrogen-bond donors (Lipinski definition) is 3. The number of aryl methyl sites for hydroxylation is 1. The van der Waals surface area contributed by atoms with Crippen molar-refractivity contribution < 1.29 is 4.79 Å². The number of nitrogens with two attached hydrogens (primary N) is 1. The quantitative estimate of drug-likeness (QED) is 0.807. The van der Waals surface area contributed by atoms with Gasteiger partial charge in [-0.3, -0.25) is 4.79 Å². The molecule has 112 valence electrons. The van der Waals surface area contributed by atoms with Gasteiger partial charge >= 0.3 is 0 Å². The van der Waals surface area contributed by atoms with E-state index in [1.165, 1.54) is 0 Å². The molecule has 2 aromatic rings. The molecule has 0 atom stereocenters. The molecule has 1 aliphatic carbocycles. The summed E-state index contributed by atoms with van der Waals surface area (Å²) in [7, 11) is 0. The van der Waals surface area contributed by atoms with E-state index in [-0.39, 0.29) is 18.3 Å². The van der Waals surface area contributed by atoms with Gasteiger partial charge in [0.05, 0.1) is 11.2 Å². The second kappa shape index (κ2) is 6.01. The number of nitrogens with one attached hydrogen (secondary N) is 2. The van der Waals surface area contributed by atoms with Crippen LogP contribution in [0.4, 0.5) is 16.5 Å². The van der Waals surface area contributed by atoms with E-state index in [0.717, 1.165) is 35.0 Å². The second-order valence-corrected chi connectivity index (χ2v) is 5.96. The summed E-state index contributed by atoms with van der Waals surface area (Å²) in [6, 6.07) is 7.52. The Morgan fingerprint density at radius 1 is 1.29 bits per heavy atom. The van der Waals surface area contributed by atoms with Crippen molar-refractivity contribution in [2.75, 3.05) is 10.6 Å². The van der Waals surface area contributed by atoms with E-state index >= 15 is 0 Å². The third-order valence-electron chi connectivity index (χ3n) is 3.25. The Bertz CT molecular complexity index is 637. The molecule has 4 N–H and O–H groups in total. The highest BCUT2D eigenvalue weighted by Gasteiger charge is 2.45. The highest BCUT2D eigenvalue weighted by molar-refractivity contribution is 7.13. The van der Waals surface area contributed by atoms with Gasteiger partial charge in [-0.1, -0.05) is 0 Å². The second-order valence-electron chi connectivity index (χ2n) is 5.11. The number of thiazole rings is 1. The number of carbonyl (C=O) groups is 1. The van der Waals surface area contributed by atoms with Crippen LogP contribution in [0.1, 0.15) is 18.5 Å². The van der Waals surface area contributed by atoms with Crippen molar-refractivity contribution in [1.82, 2.24) is 4.98 Å². The Labute approximate surface area is 133 Å². The maximum Gasteiger partial charge on any atom is 0.244 e. The summed E-state index contributed by atoms with van der Waals surface area (Å²) >= 11 is 1.56. The van der Waals surface area contributed by atoms with Gasteiger partial charge in [-0.25, -0.2) is 4.98 Å². The third-order valence-corrected chi connectivity index (χ3v) is 4.13. The Morgan fingerprint density at radius 2 is 1.90 bits per heavy atom. The lowest BCUT2D eigenvalue weighted by Crippen LogP contribution is -2.37. The highest BCUT2D eigenvalue weighted by atomic mass is 35.5. The normalized spacial score (nSPS) is 15.0. The lowest BCUT2D eigenvalue weighted by atomic mass is 10.2. The lowest BCUT2D eigenvalue weighted by Gasteiger charge is -2.10. The van der Waals surface area contributed by atoms with Gasteiger partial charge in [-0.05, 0) is 44.0 Å². The average Bonchev–Trinajstić information content (AvgIpc) is 3.05. The molecule has 7 heteroatoms. The Balaban J connectivity index is 0.00000161. The molecule has 0 bridgehead atoms. The van der Waals surface area contributed by atoms with Crippen molar-refractivity contribution in [3.8, 4) is 0 Å². The van der Waals surface area contributed by atoms with Crippen LogP contribution < -0.4 is 16.4 Å². The summed E-state index contributed by atoms with van der Waals surface area (Å²) in [5, 5.41) is 8.91. The molecule has 1 amide bonds. The molecule has 1 aliphatic rings. The fourth-order valence-electron chi connectivity index (χ4n) is 1.79. The molecule has 0 aliphatic heterocycles. The molecule has 1 heterocycles. The fraction of sp³-hybridized carbons (Fsp3) is 0.286. The van der Waals surface area contributed by atoms with E-state index in [1.807, 2.05) is 36.6 Å². The predicted octanol–water partition coefficient (Wildman–Crippen LogP) is 3.05. The van der Waals surface area contributed by atoms with E-state index in [2.05, 4.69) is 15.6 Å². The molecular formula is C14H17ClN4OS. The van der Waals surface area contributed by atoms with Gasteiger partial charge in [-0.2, -0.15) is 0 Å². The number of rotatable bonds is 4. The summed E-state index contributed by atoms with van der Waals surface area (Å²) in [4.78, 5) is 16.2. The SMILES string of the molecule is Cc1csc(Nc2ccc(NC(=O)C3(N)CC3)cc2)n1.Cl. The summed E-state index contributed by atoms with van der Waals surface area (Å²) < 4.78 is 0. The van der Waals surface area contributed by atoms with Crippen molar-refractivity contribution in [3.05, 3.63) is 35.3 Å². The molecule has 1 fully saturated rings. The van der Waals surface area contributed by atoms with E-state index in [9.17, 15) is 4.79 Å². The number of anilines is 3. The Morgan fingerprint density at radius 3 is 2.43 bits per heavy atom. The van der Waals surface area contributed by atoms with E-state index in [0.29, 0.717) is 0 Å². The Kier molecular flexibility index (Phi) is 4.51. The largest absolute Gasteiger partial charge is 0.332 e. The standard InChI is InChI=1S/C14H16N4OS.ClH/c1-9-8-20-13(16-9)18-11-4-2-10(3-5-11)17-12(19)14(15)6-7-14;/h2-5,8H,6-7,15H2,1H3,(H,16,18)(H,17,19);1H. The number of halogens is 1. The van der Waals surface area contributed by atoms with Gasteiger partial charge in [0.2, 0.25) is 5.91 Å². The smallest absolute Gasteiger partial charge is 0.244 e. The maximum absolute atomic E-state index is 11.8. The zero-order valence-corrected chi connectivity index (χ0v) is 13.2. The van der Waals surface area contributed by atoms with Gasteiger partial charge in [-0.15, -0.1) is 23.7 Å².